The van der Waals surface area contributed by atoms with Gasteiger partial charge in [0.1, 0.15) is 11.6 Å². The van der Waals surface area contributed by atoms with Crippen LogP contribution in [-0.2, 0) is 21.4 Å². The fraction of sp³-hybridized carbons (Fsp3) is 0.389. The van der Waals surface area contributed by atoms with Crippen LogP contribution in [0.4, 0.5) is 10.1 Å². The number of carbonyl (C=O) groups is 2. The zero-order chi connectivity index (χ0) is 19.2. The number of aliphatic hydroxyl groups is 1. The van der Waals surface area contributed by atoms with Crippen molar-refractivity contribution in [1.82, 2.24) is 9.88 Å². The van der Waals surface area contributed by atoms with Crippen LogP contribution < -0.4 is 4.90 Å². The summed E-state index contributed by atoms with van der Waals surface area (Å²) in [6.45, 7) is 0.835. The fourth-order valence-corrected chi connectivity index (χ4v) is 4.80. The molecule has 1 spiro atoms. The molecule has 6 nitrogen and oxygen atoms in total. The van der Waals surface area contributed by atoms with Crippen LogP contribution in [0, 0.1) is 5.13 Å². The highest BCUT2D eigenvalue weighted by Gasteiger charge is 2.49. The maximum atomic E-state index is 13.2. The number of nitrogens with zero attached hydrogens (tertiary/aromatic N) is 3. The molecule has 9 heteroatoms. The van der Waals surface area contributed by atoms with Crippen molar-refractivity contribution < 1.29 is 19.1 Å². The zero-order valence-electron chi connectivity index (χ0n) is 14.3. The van der Waals surface area contributed by atoms with Gasteiger partial charge < -0.3 is 14.9 Å². The lowest BCUT2D eigenvalue weighted by molar-refractivity contribution is -0.133. The second kappa shape index (κ2) is 6.85. The minimum atomic E-state index is -0.531. The highest BCUT2D eigenvalue weighted by atomic mass is 35.5. The zero-order valence-corrected chi connectivity index (χ0v) is 15.9. The predicted octanol–water partition coefficient (Wildman–Crippen LogP) is 1.99. The predicted molar refractivity (Wildman–Crippen MR) is 99.5 cm³/mol. The molecule has 1 fully saturated rings. The number of amides is 2. The van der Waals surface area contributed by atoms with Gasteiger partial charge in [0.2, 0.25) is 11.8 Å². The van der Waals surface area contributed by atoms with Crippen LogP contribution in [0.25, 0.3) is 0 Å². The summed E-state index contributed by atoms with van der Waals surface area (Å²) >= 11 is 7.06. The third-order valence-corrected chi connectivity index (χ3v) is 6.27. The molecule has 1 unspecified atom stereocenters. The third-order valence-electron chi connectivity index (χ3n) is 5.25. The molecular formula is C18H17ClFN3O3S. The molecule has 0 aliphatic carbocycles. The molecule has 2 aliphatic heterocycles. The molecule has 0 bridgehead atoms. The summed E-state index contributed by atoms with van der Waals surface area (Å²) in [5.41, 5.74) is 1.29. The van der Waals surface area contributed by atoms with E-state index < -0.39 is 17.2 Å². The maximum absolute atomic E-state index is 13.2. The van der Waals surface area contributed by atoms with Gasteiger partial charge in [-0.15, -0.1) is 0 Å². The molecule has 2 amide bonds. The molecular weight excluding hydrogens is 393 g/mol. The monoisotopic (exact) mass is 409 g/mol. The number of benzene rings is 1. The normalized spacial score (nSPS) is 21.1. The molecule has 3 heterocycles. The Labute approximate surface area is 164 Å². The van der Waals surface area contributed by atoms with Crippen LogP contribution in [-0.4, -0.2) is 53.0 Å². The number of carbonyl (C=O) groups excluding carboxylic acids is 2. The van der Waals surface area contributed by atoms with Crippen LogP contribution in [0.2, 0.25) is 5.02 Å². The van der Waals surface area contributed by atoms with Crippen LogP contribution in [0.1, 0.15) is 17.0 Å². The van der Waals surface area contributed by atoms with Gasteiger partial charge in [-0.2, -0.15) is 4.39 Å². The number of hydrogen-bond donors (Lipinski definition) is 1. The summed E-state index contributed by atoms with van der Waals surface area (Å²) in [7, 11) is 0. The van der Waals surface area contributed by atoms with Crippen LogP contribution >= 0.6 is 22.9 Å². The molecule has 2 aromatic rings. The summed E-state index contributed by atoms with van der Waals surface area (Å²) in [5, 5.41) is 9.73. The van der Waals surface area contributed by atoms with E-state index in [1.54, 1.807) is 15.9 Å². The molecule has 0 radical (unpaired) electrons. The fourth-order valence-electron chi connectivity index (χ4n) is 3.99. The lowest BCUT2D eigenvalue weighted by Crippen LogP contribution is -2.41. The number of halogens is 2. The van der Waals surface area contributed by atoms with Gasteiger partial charge in [-0.3, -0.25) is 9.59 Å². The van der Waals surface area contributed by atoms with E-state index in [4.69, 9.17) is 16.7 Å². The number of anilines is 1. The Balaban J connectivity index is 1.64. The Morgan fingerprint density at radius 2 is 2.15 bits per heavy atom. The molecule has 1 aromatic carbocycles. The summed E-state index contributed by atoms with van der Waals surface area (Å²) in [6.07, 6.45) is 1.82. The average Bonchev–Trinajstić information content (AvgIpc) is 3.34. The number of hydrogen-bond acceptors (Lipinski definition) is 5. The Kier molecular flexibility index (Phi) is 4.65. The van der Waals surface area contributed by atoms with Gasteiger partial charge in [0.15, 0.2) is 5.13 Å². The van der Waals surface area contributed by atoms with Crippen molar-refractivity contribution in [3.8, 4) is 0 Å². The van der Waals surface area contributed by atoms with E-state index in [1.807, 2.05) is 12.1 Å². The van der Waals surface area contributed by atoms with Crippen molar-refractivity contribution in [2.24, 2.45) is 0 Å². The van der Waals surface area contributed by atoms with Crippen molar-refractivity contribution in [2.75, 3.05) is 31.1 Å². The number of aliphatic hydroxyl groups excluding tert-OH is 1. The lowest BCUT2D eigenvalue weighted by Gasteiger charge is -2.25. The topological polar surface area (TPSA) is 73.7 Å². The van der Waals surface area contributed by atoms with Crippen molar-refractivity contribution in [3.63, 3.8) is 0 Å². The first-order valence-electron chi connectivity index (χ1n) is 8.51. The molecule has 1 aromatic heterocycles. The van der Waals surface area contributed by atoms with Gasteiger partial charge in [0, 0.05) is 35.8 Å². The Morgan fingerprint density at radius 1 is 1.33 bits per heavy atom. The number of aromatic nitrogens is 1. The van der Waals surface area contributed by atoms with Gasteiger partial charge in [0.25, 0.3) is 0 Å². The summed E-state index contributed by atoms with van der Waals surface area (Å²) in [6, 6.07) is 5.39. The first-order chi connectivity index (χ1) is 12.9. The molecule has 142 valence electrons. The van der Waals surface area contributed by atoms with E-state index in [9.17, 15) is 14.0 Å². The molecule has 27 heavy (non-hydrogen) atoms. The molecule has 0 saturated carbocycles. The maximum Gasteiger partial charge on any atom is 0.248 e. The number of fused-ring (bicyclic) bond motifs is 2. The summed E-state index contributed by atoms with van der Waals surface area (Å²) < 4.78 is 13.2. The largest absolute Gasteiger partial charge is 0.387 e. The second-order valence-corrected chi connectivity index (χ2v) is 8.38. The van der Waals surface area contributed by atoms with Crippen LogP contribution in [0.5, 0.6) is 0 Å². The summed E-state index contributed by atoms with van der Waals surface area (Å²) in [4.78, 5) is 32.0. The van der Waals surface area contributed by atoms with Crippen molar-refractivity contribution in [2.45, 2.75) is 18.3 Å². The minimum Gasteiger partial charge on any atom is -0.387 e. The van der Waals surface area contributed by atoms with E-state index in [-0.39, 0.29) is 18.2 Å². The first kappa shape index (κ1) is 18.3. The minimum absolute atomic E-state index is 0.0199. The standard InChI is InChI=1S/C18H17ClFN3O3S/c19-11-1-2-13-12(5-11)18(3-4-22(9-18)17(26)8-24)10-23(13)16(25)6-15-21-7-14(20)27-15/h1-2,5,7,24H,3-4,6,8-10H2. The molecule has 4 rings (SSSR count). The third kappa shape index (κ3) is 3.22. The van der Waals surface area contributed by atoms with Crippen LogP contribution in [0.3, 0.4) is 0 Å². The Morgan fingerprint density at radius 3 is 2.85 bits per heavy atom. The highest BCUT2D eigenvalue weighted by molar-refractivity contribution is 7.10. The van der Waals surface area contributed by atoms with Gasteiger partial charge >= 0.3 is 0 Å². The van der Waals surface area contributed by atoms with Gasteiger partial charge in [-0.25, -0.2) is 4.98 Å². The van der Waals surface area contributed by atoms with Crippen molar-refractivity contribution in [1.29, 1.82) is 0 Å². The lowest BCUT2D eigenvalue weighted by atomic mass is 9.81. The number of rotatable bonds is 3. The van der Waals surface area contributed by atoms with Crippen LogP contribution in [0.15, 0.2) is 24.4 Å². The Bertz CT molecular complexity index is 921. The molecule has 2 aliphatic rings. The van der Waals surface area contributed by atoms with E-state index >= 15 is 0 Å². The second-order valence-electron chi connectivity index (χ2n) is 6.88. The highest BCUT2D eigenvalue weighted by Crippen LogP contribution is 2.47. The van der Waals surface area contributed by atoms with Crippen molar-refractivity contribution in [3.05, 3.63) is 45.1 Å². The van der Waals surface area contributed by atoms with E-state index in [1.165, 1.54) is 0 Å². The average molecular weight is 410 g/mol. The van der Waals surface area contributed by atoms with Crippen molar-refractivity contribution >= 4 is 40.4 Å². The van der Waals surface area contributed by atoms with E-state index in [2.05, 4.69) is 4.98 Å². The van der Waals surface area contributed by atoms with Gasteiger partial charge in [-0.1, -0.05) is 22.9 Å². The van der Waals surface area contributed by atoms with E-state index in [0.29, 0.717) is 36.1 Å². The first-order valence-corrected chi connectivity index (χ1v) is 9.70. The molecule has 1 saturated heterocycles. The smallest absolute Gasteiger partial charge is 0.248 e. The molecule has 1 N–H and O–H groups in total. The summed E-state index contributed by atoms with van der Waals surface area (Å²) in [5.74, 6) is -0.491. The quantitative estimate of drug-likeness (QED) is 0.841. The Hall–Kier alpha value is -2.03. The molecule has 1 atom stereocenters. The number of likely N-dealkylation sites (tertiary alicyclic amines) is 1. The SMILES string of the molecule is O=C(CO)N1CCC2(C1)CN(C(=O)Cc1ncc(F)s1)c1ccc(Cl)cc12. The number of thiazole rings is 1. The van der Waals surface area contributed by atoms with Gasteiger partial charge in [0.05, 0.1) is 12.6 Å². The van der Waals surface area contributed by atoms with E-state index in [0.717, 1.165) is 28.8 Å². The van der Waals surface area contributed by atoms with Gasteiger partial charge in [-0.05, 0) is 30.2 Å².